The molecule has 14 heteroatoms. The van der Waals surface area contributed by atoms with Crippen molar-refractivity contribution < 1.29 is 37.9 Å². The molecule has 492 valence electrons. The quantitative estimate of drug-likeness (QED) is 0.106. The fourth-order valence-electron chi connectivity index (χ4n) is 17.2. The van der Waals surface area contributed by atoms with Gasteiger partial charge in [0.2, 0.25) is 0 Å². The van der Waals surface area contributed by atoms with E-state index in [-0.39, 0.29) is 23.9 Å². The summed E-state index contributed by atoms with van der Waals surface area (Å²) >= 11 is 0. The highest BCUT2D eigenvalue weighted by Crippen LogP contribution is 2.58. The highest BCUT2D eigenvalue weighted by Gasteiger charge is 2.49. The van der Waals surface area contributed by atoms with Crippen LogP contribution in [0.2, 0.25) is 0 Å². The molecule has 6 aromatic heterocycles. The zero-order valence-electron chi connectivity index (χ0n) is 57.0. The van der Waals surface area contributed by atoms with Crippen LogP contribution in [0.1, 0.15) is 25.9 Å². The summed E-state index contributed by atoms with van der Waals surface area (Å²) in [6.45, 7) is 4.91. The van der Waals surface area contributed by atoms with Gasteiger partial charge in [-0.3, -0.25) is 0 Å². The Labute approximate surface area is 574 Å². The molecule has 0 radical (unpaired) electrons. The van der Waals surface area contributed by atoms with Crippen LogP contribution in [0, 0.1) is 11.8 Å². The Bertz CT molecular complexity index is 5490. The van der Waals surface area contributed by atoms with E-state index in [1.807, 2.05) is 0 Å². The maximum absolute atomic E-state index is 5.85. The molecule has 4 unspecified atom stereocenters. The van der Waals surface area contributed by atoms with Gasteiger partial charge in [0.15, 0.2) is 0 Å². The molecule has 0 bridgehead atoms. The average Bonchev–Trinajstić information content (AvgIpc) is 1.50. The molecule has 0 spiro atoms. The van der Waals surface area contributed by atoms with Crippen LogP contribution in [0.5, 0.6) is 46.0 Å². The highest BCUT2D eigenvalue weighted by atomic mass is 16.5. The van der Waals surface area contributed by atoms with Crippen molar-refractivity contribution in [3.8, 4) is 68.7 Å². The van der Waals surface area contributed by atoms with Crippen molar-refractivity contribution in [1.29, 1.82) is 0 Å². The summed E-state index contributed by atoms with van der Waals surface area (Å²) < 4.78 is 61.8. The van der Waals surface area contributed by atoms with Crippen molar-refractivity contribution >= 4 is 131 Å². The molecule has 100 heavy (non-hydrogen) atoms. The Morgan fingerprint density at radius 3 is 0.500 bits per heavy atom. The third kappa shape index (κ3) is 8.36. The summed E-state index contributed by atoms with van der Waals surface area (Å²) in [5, 5.41) is 13.2. The molecule has 14 nitrogen and oxygen atoms in total. The van der Waals surface area contributed by atoms with Crippen molar-refractivity contribution in [2.24, 2.45) is 11.8 Å². The van der Waals surface area contributed by atoms with E-state index in [1.165, 1.54) is 0 Å². The predicted octanol–water partition coefficient (Wildman–Crippen LogP) is 20.4. The standard InChI is InChI=1S/C86H70N6O8/c1-47-48(2)86(92-83-25-13-51(89-77-31-19-57(97-7)43-69(77)70-44-58(98-8)20-32-78(70)89)37-63(83)64-38-52(14-26-84(64)92)90-79-33-21-59(99-9)45-71(79)72-46-60(100-10)22-34-80(72)90)85(47)91-81-23-11-49(87-73-27-15-53(93-3)39-65(73)66-40-54(94-4)16-28-74(66)87)35-61(81)62-36-50(12-24-82(62)91)88-75-29-17-55(95-5)41-67(75)68-42-56(96-6)18-30-76(68)88/h11-48,85-86H,1-10H3. The molecule has 0 N–H and O–H groups in total. The number of fused-ring (bicyclic) bond motifs is 18. The normalized spacial score (nSPS) is 15.7. The smallest absolute Gasteiger partial charge is 0.119 e. The Morgan fingerprint density at radius 1 is 0.190 bits per heavy atom. The summed E-state index contributed by atoms with van der Waals surface area (Å²) in [7, 11) is 13.8. The second-order valence-electron chi connectivity index (χ2n) is 26.7. The van der Waals surface area contributed by atoms with E-state index < -0.39 is 0 Å². The molecule has 1 aliphatic carbocycles. The number of hydrogen-bond donors (Lipinski definition) is 0. The minimum atomic E-state index is 0.00998. The maximum atomic E-state index is 5.85. The van der Waals surface area contributed by atoms with Crippen LogP contribution >= 0.6 is 0 Å². The van der Waals surface area contributed by atoms with Gasteiger partial charge in [-0.05, 0) is 230 Å². The second-order valence-corrected chi connectivity index (χ2v) is 26.7. The van der Waals surface area contributed by atoms with Gasteiger partial charge in [0.05, 0.1) is 113 Å². The minimum Gasteiger partial charge on any atom is -0.497 e. The number of benzene rings is 12. The predicted molar refractivity (Wildman–Crippen MR) is 405 cm³/mol. The lowest BCUT2D eigenvalue weighted by molar-refractivity contribution is 0.0338. The van der Waals surface area contributed by atoms with Gasteiger partial charge in [0.1, 0.15) is 46.0 Å². The van der Waals surface area contributed by atoms with E-state index in [1.54, 1.807) is 56.9 Å². The molecule has 0 amide bonds. The molecule has 0 saturated heterocycles. The summed E-state index contributed by atoms with van der Waals surface area (Å²) in [5.74, 6) is 6.87. The molecule has 1 saturated carbocycles. The lowest BCUT2D eigenvalue weighted by atomic mass is 9.66. The van der Waals surface area contributed by atoms with Crippen molar-refractivity contribution in [3.63, 3.8) is 0 Å². The van der Waals surface area contributed by atoms with Gasteiger partial charge in [-0.1, -0.05) is 13.8 Å². The number of rotatable bonds is 14. The fourth-order valence-corrected chi connectivity index (χ4v) is 17.2. The largest absolute Gasteiger partial charge is 0.497 e. The Morgan fingerprint density at radius 2 is 0.340 bits per heavy atom. The van der Waals surface area contributed by atoms with Gasteiger partial charge in [-0.25, -0.2) is 0 Å². The maximum Gasteiger partial charge on any atom is 0.119 e. The van der Waals surface area contributed by atoms with Crippen LogP contribution in [-0.4, -0.2) is 84.3 Å². The van der Waals surface area contributed by atoms with Crippen molar-refractivity contribution in [3.05, 3.63) is 218 Å². The summed E-state index contributed by atoms with van der Waals surface area (Å²) in [4.78, 5) is 0. The summed E-state index contributed by atoms with van der Waals surface area (Å²) in [6.07, 6.45) is 0. The number of aromatic nitrogens is 6. The zero-order valence-corrected chi connectivity index (χ0v) is 57.0. The van der Waals surface area contributed by atoms with Crippen LogP contribution in [0.15, 0.2) is 218 Å². The van der Waals surface area contributed by atoms with E-state index >= 15 is 0 Å². The van der Waals surface area contributed by atoms with E-state index in [9.17, 15) is 0 Å². The minimum absolute atomic E-state index is 0.00998. The monoisotopic (exact) mass is 1310 g/mol. The van der Waals surface area contributed by atoms with Crippen LogP contribution in [0.4, 0.5) is 0 Å². The van der Waals surface area contributed by atoms with E-state index in [0.29, 0.717) is 0 Å². The molecular weight excluding hydrogens is 1240 g/mol. The number of ether oxygens (including phenoxy) is 8. The first kappa shape index (κ1) is 59.1. The third-order valence-corrected chi connectivity index (χ3v) is 22.1. The van der Waals surface area contributed by atoms with Crippen molar-refractivity contribution in [2.45, 2.75) is 25.9 Å². The van der Waals surface area contributed by atoms with Crippen LogP contribution < -0.4 is 37.9 Å². The van der Waals surface area contributed by atoms with Crippen molar-refractivity contribution in [1.82, 2.24) is 27.4 Å². The molecule has 12 aromatic carbocycles. The van der Waals surface area contributed by atoms with Crippen LogP contribution in [-0.2, 0) is 0 Å². The molecule has 4 atom stereocenters. The van der Waals surface area contributed by atoms with Gasteiger partial charge in [-0.15, -0.1) is 0 Å². The topological polar surface area (TPSA) is 103 Å². The SMILES string of the molecule is COc1ccc2c(c1)c1cc(OC)ccc1n2-c1ccc2c(c1)c1cc(-n3c4ccc(OC)cc4c4cc(OC)ccc43)ccc1n2C1C(C)C(C)C1n1c2ccc(-n3c4ccc(OC)cc4c4cc(OC)ccc43)cc2c2cc(-n3c4ccc(OC)cc4c4cc(OC)ccc43)ccc21. The highest BCUT2D eigenvalue weighted by molar-refractivity contribution is 6.17. The number of methoxy groups -OCH3 is 8. The second kappa shape index (κ2) is 22.2. The summed E-state index contributed by atoms with van der Waals surface area (Å²) in [6, 6.07) is 79.3. The van der Waals surface area contributed by atoms with Gasteiger partial charge < -0.3 is 65.3 Å². The summed E-state index contributed by atoms with van der Waals surface area (Å²) in [5.41, 5.74) is 17.4. The van der Waals surface area contributed by atoms with Crippen LogP contribution in [0.3, 0.4) is 0 Å². The number of hydrogen-bond acceptors (Lipinski definition) is 8. The first-order valence-corrected chi connectivity index (χ1v) is 33.8. The Balaban J connectivity index is 0.863. The van der Waals surface area contributed by atoms with Gasteiger partial charge in [0.25, 0.3) is 0 Å². The van der Waals surface area contributed by atoms with Crippen LogP contribution in [0.25, 0.3) is 154 Å². The van der Waals surface area contributed by atoms with E-state index in [2.05, 4.69) is 260 Å². The number of nitrogens with zero attached hydrogens (tertiary/aromatic N) is 6. The van der Waals surface area contributed by atoms with E-state index in [4.69, 9.17) is 37.9 Å². The van der Waals surface area contributed by atoms with Gasteiger partial charge >= 0.3 is 0 Å². The van der Waals surface area contributed by atoms with Crippen molar-refractivity contribution in [2.75, 3.05) is 56.9 Å². The molecule has 1 fully saturated rings. The van der Waals surface area contributed by atoms with Gasteiger partial charge in [-0.2, -0.15) is 0 Å². The lowest BCUT2D eigenvalue weighted by Gasteiger charge is -2.51. The Hall–Kier alpha value is -12.2. The first-order valence-electron chi connectivity index (χ1n) is 33.8. The average molecular weight is 1320 g/mol. The lowest BCUT2D eigenvalue weighted by Crippen LogP contribution is -2.46. The molecule has 6 heterocycles. The molecule has 18 aromatic rings. The van der Waals surface area contributed by atoms with E-state index in [0.717, 1.165) is 200 Å². The molecule has 0 aliphatic heterocycles. The molecule has 19 rings (SSSR count). The first-order chi connectivity index (χ1) is 49.0. The zero-order chi connectivity index (χ0) is 67.7. The Kier molecular flexibility index (Phi) is 13.1. The van der Waals surface area contributed by atoms with Gasteiger partial charge in [0, 0.05) is 109 Å². The third-order valence-electron chi connectivity index (χ3n) is 22.1. The molecular formula is C86H70N6O8. The fraction of sp³-hybridized carbons (Fsp3) is 0.163. The molecule has 1 aliphatic rings.